The molecule has 0 aliphatic carbocycles. The number of aromatic nitrogens is 2. The van der Waals surface area contributed by atoms with Crippen LogP contribution in [0.3, 0.4) is 0 Å². The molecule has 2 aliphatic rings. The van der Waals surface area contributed by atoms with Crippen LogP contribution in [0.25, 0.3) is 0 Å². The molecule has 2 aromatic rings. The molecule has 1 N–H and O–H groups in total. The van der Waals surface area contributed by atoms with Gasteiger partial charge in [0.2, 0.25) is 0 Å². The standard InChI is InChI=1S/C21H26N4O2/c1-15-8-2-3-9-16(15)14-22-20(26)19-23-18(17-10-4-5-13-25(17)19)21(27)24-11-6-7-12-24/h2-3,8-9H,4-7,10-14H2,1H3,(H,22,26). The third kappa shape index (κ3) is 3.48. The highest BCUT2D eigenvalue weighted by Crippen LogP contribution is 2.23. The third-order valence-corrected chi connectivity index (χ3v) is 5.62. The lowest BCUT2D eigenvalue weighted by molar-refractivity contribution is 0.0786. The summed E-state index contributed by atoms with van der Waals surface area (Å²) in [5.74, 6) is 0.152. The SMILES string of the molecule is Cc1ccccc1CNC(=O)c1nc(C(=O)N2CCCC2)c2n1CCCC2. The summed E-state index contributed by atoms with van der Waals surface area (Å²) < 4.78 is 1.96. The average molecular weight is 366 g/mol. The predicted octanol–water partition coefficient (Wildman–Crippen LogP) is 2.69. The number of amides is 2. The fourth-order valence-corrected chi connectivity index (χ4v) is 4.02. The number of imidazole rings is 1. The molecule has 0 radical (unpaired) electrons. The summed E-state index contributed by atoms with van der Waals surface area (Å²) >= 11 is 0. The Morgan fingerprint density at radius 2 is 1.81 bits per heavy atom. The number of carbonyl (C=O) groups excluding carboxylic acids is 2. The summed E-state index contributed by atoms with van der Waals surface area (Å²) in [6.45, 7) is 4.83. The van der Waals surface area contributed by atoms with E-state index in [0.29, 0.717) is 18.1 Å². The molecule has 0 bridgehead atoms. The van der Waals surface area contributed by atoms with Gasteiger partial charge in [0.15, 0.2) is 5.82 Å². The molecule has 1 fully saturated rings. The number of hydrogen-bond acceptors (Lipinski definition) is 3. The molecule has 0 atom stereocenters. The molecule has 0 saturated carbocycles. The first kappa shape index (κ1) is 17.8. The number of nitrogens with zero attached hydrogens (tertiary/aromatic N) is 3. The zero-order valence-corrected chi connectivity index (χ0v) is 15.8. The number of hydrogen-bond donors (Lipinski definition) is 1. The Labute approximate surface area is 159 Å². The van der Waals surface area contributed by atoms with Crippen molar-refractivity contribution in [1.82, 2.24) is 19.8 Å². The van der Waals surface area contributed by atoms with E-state index in [0.717, 1.165) is 68.6 Å². The lowest BCUT2D eigenvalue weighted by atomic mass is 10.1. The van der Waals surface area contributed by atoms with E-state index < -0.39 is 0 Å². The highest BCUT2D eigenvalue weighted by molar-refractivity contribution is 5.97. The van der Waals surface area contributed by atoms with Crippen molar-refractivity contribution in [3.05, 3.63) is 52.6 Å². The lowest BCUT2D eigenvalue weighted by Gasteiger charge is -2.19. The molecule has 142 valence electrons. The molecule has 3 heterocycles. The van der Waals surface area contributed by atoms with Crippen LogP contribution in [0, 0.1) is 6.92 Å². The molecule has 1 aromatic carbocycles. The Hall–Kier alpha value is -2.63. The average Bonchev–Trinajstić information content (AvgIpc) is 3.35. The highest BCUT2D eigenvalue weighted by atomic mass is 16.2. The quantitative estimate of drug-likeness (QED) is 0.905. The Balaban J connectivity index is 1.57. The Kier molecular flexibility index (Phi) is 4.97. The van der Waals surface area contributed by atoms with E-state index in [1.54, 1.807) is 0 Å². The number of aryl methyl sites for hydroxylation is 1. The van der Waals surface area contributed by atoms with Gasteiger partial charge < -0.3 is 14.8 Å². The summed E-state index contributed by atoms with van der Waals surface area (Å²) in [7, 11) is 0. The van der Waals surface area contributed by atoms with Gasteiger partial charge in [-0.1, -0.05) is 24.3 Å². The van der Waals surface area contributed by atoms with Gasteiger partial charge in [-0.3, -0.25) is 9.59 Å². The molecule has 1 aromatic heterocycles. The van der Waals surface area contributed by atoms with E-state index in [1.807, 2.05) is 40.7 Å². The van der Waals surface area contributed by atoms with Crippen LogP contribution in [-0.2, 0) is 19.5 Å². The number of benzene rings is 1. The number of fused-ring (bicyclic) bond motifs is 1. The van der Waals surface area contributed by atoms with Crippen LogP contribution in [0.2, 0.25) is 0 Å². The van der Waals surface area contributed by atoms with E-state index in [1.165, 1.54) is 0 Å². The zero-order chi connectivity index (χ0) is 18.8. The largest absolute Gasteiger partial charge is 0.345 e. The summed E-state index contributed by atoms with van der Waals surface area (Å²) in [4.78, 5) is 32.1. The van der Waals surface area contributed by atoms with Crippen molar-refractivity contribution in [1.29, 1.82) is 0 Å². The minimum atomic E-state index is -0.207. The highest BCUT2D eigenvalue weighted by Gasteiger charge is 2.30. The van der Waals surface area contributed by atoms with Gasteiger partial charge in [0.1, 0.15) is 5.69 Å². The molecule has 6 nitrogen and oxygen atoms in total. The maximum atomic E-state index is 12.9. The van der Waals surface area contributed by atoms with Crippen molar-refractivity contribution in [3.63, 3.8) is 0 Å². The zero-order valence-electron chi connectivity index (χ0n) is 15.8. The molecule has 0 unspecified atom stereocenters. The first-order chi connectivity index (χ1) is 13.1. The van der Waals surface area contributed by atoms with E-state index in [2.05, 4.69) is 10.3 Å². The first-order valence-electron chi connectivity index (χ1n) is 9.86. The van der Waals surface area contributed by atoms with Crippen molar-refractivity contribution in [2.45, 2.75) is 52.1 Å². The molecule has 1 saturated heterocycles. The van der Waals surface area contributed by atoms with Gasteiger partial charge in [-0.25, -0.2) is 4.98 Å². The van der Waals surface area contributed by atoms with Crippen LogP contribution in [0.5, 0.6) is 0 Å². The molecule has 2 amide bonds. The monoisotopic (exact) mass is 366 g/mol. The minimum Gasteiger partial charge on any atom is -0.345 e. The van der Waals surface area contributed by atoms with Crippen LogP contribution < -0.4 is 5.32 Å². The predicted molar refractivity (Wildman–Crippen MR) is 103 cm³/mol. The number of likely N-dealkylation sites (tertiary alicyclic amines) is 1. The second-order valence-corrected chi connectivity index (χ2v) is 7.45. The van der Waals surface area contributed by atoms with Crippen molar-refractivity contribution in [2.75, 3.05) is 13.1 Å². The Bertz CT molecular complexity index is 865. The van der Waals surface area contributed by atoms with Crippen molar-refractivity contribution in [2.24, 2.45) is 0 Å². The first-order valence-corrected chi connectivity index (χ1v) is 9.86. The number of nitrogens with one attached hydrogen (secondary N) is 1. The van der Waals surface area contributed by atoms with Gasteiger partial charge in [-0.05, 0) is 50.2 Å². The number of rotatable bonds is 4. The Morgan fingerprint density at radius 3 is 2.59 bits per heavy atom. The van der Waals surface area contributed by atoms with Crippen LogP contribution >= 0.6 is 0 Å². The normalized spacial score (nSPS) is 16.3. The van der Waals surface area contributed by atoms with Crippen molar-refractivity contribution in [3.8, 4) is 0 Å². The summed E-state index contributed by atoms with van der Waals surface area (Å²) in [6, 6.07) is 8.01. The number of carbonyl (C=O) groups is 2. The maximum absolute atomic E-state index is 12.9. The van der Waals surface area contributed by atoms with Gasteiger partial charge in [-0.15, -0.1) is 0 Å². The van der Waals surface area contributed by atoms with Gasteiger partial charge >= 0.3 is 0 Å². The topological polar surface area (TPSA) is 67.2 Å². The molecule has 0 spiro atoms. The second kappa shape index (κ2) is 7.55. The van der Waals surface area contributed by atoms with E-state index in [9.17, 15) is 9.59 Å². The van der Waals surface area contributed by atoms with Crippen LogP contribution in [0.1, 0.15) is 63.6 Å². The second-order valence-electron chi connectivity index (χ2n) is 7.45. The van der Waals surface area contributed by atoms with Crippen LogP contribution in [-0.4, -0.2) is 39.4 Å². The molecule has 27 heavy (non-hydrogen) atoms. The fraction of sp³-hybridized carbons (Fsp3) is 0.476. The van der Waals surface area contributed by atoms with Crippen LogP contribution in [0.15, 0.2) is 24.3 Å². The summed E-state index contributed by atoms with van der Waals surface area (Å²) in [5, 5.41) is 2.98. The third-order valence-electron chi connectivity index (χ3n) is 5.62. The maximum Gasteiger partial charge on any atom is 0.287 e. The molecule has 4 rings (SSSR count). The fourth-order valence-electron chi connectivity index (χ4n) is 4.02. The molecule has 6 heteroatoms. The smallest absolute Gasteiger partial charge is 0.287 e. The van der Waals surface area contributed by atoms with Crippen molar-refractivity contribution < 1.29 is 9.59 Å². The van der Waals surface area contributed by atoms with Gasteiger partial charge in [-0.2, -0.15) is 0 Å². The van der Waals surface area contributed by atoms with E-state index in [-0.39, 0.29) is 11.8 Å². The van der Waals surface area contributed by atoms with Crippen LogP contribution in [0.4, 0.5) is 0 Å². The van der Waals surface area contributed by atoms with Crippen molar-refractivity contribution >= 4 is 11.8 Å². The Morgan fingerprint density at radius 1 is 1.07 bits per heavy atom. The molecule has 2 aliphatic heterocycles. The van der Waals surface area contributed by atoms with E-state index >= 15 is 0 Å². The minimum absolute atomic E-state index is 0.0175. The lowest BCUT2D eigenvalue weighted by Crippen LogP contribution is -2.29. The van der Waals surface area contributed by atoms with Gasteiger partial charge in [0.05, 0.1) is 5.69 Å². The summed E-state index contributed by atoms with van der Waals surface area (Å²) in [5.41, 5.74) is 3.65. The van der Waals surface area contributed by atoms with Gasteiger partial charge in [0.25, 0.3) is 11.8 Å². The molecular weight excluding hydrogens is 340 g/mol. The molecular formula is C21H26N4O2. The summed E-state index contributed by atoms with van der Waals surface area (Å²) in [6.07, 6.45) is 4.96. The van der Waals surface area contributed by atoms with Gasteiger partial charge in [0, 0.05) is 26.2 Å². The van der Waals surface area contributed by atoms with E-state index in [4.69, 9.17) is 0 Å².